The van der Waals surface area contributed by atoms with E-state index >= 15 is 0 Å². The van der Waals surface area contributed by atoms with Crippen LogP contribution >= 0.6 is 23.2 Å². The number of rotatable bonds is 5. The smallest absolute Gasteiger partial charge is 0.234 e. The fourth-order valence-electron chi connectivity index (χ4n) is 1.07. The molecule has 0 fully saturated rings. The number of amides is 1. The minimum Gasteiger partial charge on any atom is -0.492 e. The van der Waals surface area contributed by atoms with Crippen molar-refractivity contribution in [3.05, 3.63) is 28.2 Å². The zero-order valence-electron chi connectivity index (χ0n) is 8.50. The zero-order chi connectivity index (χ0) is 12.0. The van der Waals surface area contributed by atoms with Gasteiger partial charge in [-0.25, -0.2) is 5.84 Å². The predicted molar refractivity (Wildman–Crippen MR) is 63.5 cm³/mol. The highest BCUT2D eigenvalue weighted by Gasteiger charge is 2.03. The van der Waals surface area contributed by atoms with Crippen molar-refractivity contribution in [1.29, 1.82) is 0 Å². The molecule has 0 radical (unpaired) electrons. The van der Waals surface area contributed by atoms with Crippen molar-refractivity contribution in [1.82, 2.24) is 5.43 Å². The van der Waals surface area contributed by atoms with Gasteiger partial charge in [-0.1, -0.05) is 23.2 Å². The number of benzene rings is 1. The summed E-state index contributed by atoms with van der Waals surface area (Å²) >= 11 is 11.7. The molecule has 16 heavy (non-hydrogen) atoms. The summed E-state index contributed by atoms with van der Waals surface area (Å²) in [7, 11) is 0. The van der Waals surface area contributed by atoms with Gasteiger partial charge in [0.25, 0.3) is 0 Å². The average Bonchev–Trinajstić information content (AvgIpc) is 2.28. The van der Waals surface area contributed by atoms with Gasteiger partial charge in [-0.3, -0.25) is 10.2 Å². The van der Waals surface area contributed by atoms with Crippen LogP contribution in [0.2, 0.25) is 10.0 Å². The normalized spacial score (nSPS) is 9.94. The SMILES string of the molecule is NNC(=O)CCCOc1cc(Cl)ccc1Cl. The third kappa shape index (κ3) is 4.26. The molecular weight excluding hydrogens is 251 g/mol. The van der Waals surface area contributed by atoms with Crippen molar-refractivity contribution in [2.24, 2.45) is 5.84 Å². The molecule has 0 aliphatic rings. The largest absolute Gasteiger partial charge is 0.492 e. The third-order valence-corrected chi connectivity index (χ3v) is 2.41. The average molecular weight is 263 g/mol. The maximum absolute atomic E-state index is 10.8. The molecule has 0 aromatic heterocycles. The summed E-state index contributed by atoms with van der Waals surface area (Å²) in [4.78, 5) is 10.8. The Balaban J connectivity index is 2.37. The molecule has 6 heteroatoms. The molecule has 1 aromatic rings. The van der Waals surface area contributed by atoms with E-state index in [9.17, 15) is 4.79 Å². The van der Waals surface area contributed by atoms with Crippen LogP contribution in [0.4, 0.5) is 0 Å². The molecular formula is C10H12Cl2N2O2. The van der Waals surface area contributed by atoms with Crippen LogP contribution in [0.15, 0.2) is 18.2 Å². The van der Waals surface area contributed by atoms with Crippen molar-refractivity contribution in [3.63, 3.8) is 0 Å². The molecule has 1 amide bonds. The lowest BCUT2D eigenvalue weighted by Crippen LogP contribution is -2.29. The minimum atomic E-state index is -0.221. The first kappa shape index (κ1) is 13.1. The number of ether oxygens (including phenoxy) is 1. The molecule has 1 rings (SSSR count). The van der Waals surface area contributed by atoms with Gasteiger partial charge >= 0.3 is 0 Å². The first-order chi connectivity index (χ1) is 7.63. The lowest BCUT2D eigenvalue weighted by atomic mass is 10.3. The Morgan fingerprint density at radius 1 is 1.44 bits per heavy atom. The lowest BCUT2D eigenvalue weighted by Gasteiger charge is -2.07. The van der Waals surface area contributed by atoms with E-state index in [4.69, 9.17) is 33.8 Å². The Kier molecular flexibility index (Phi) is 5.38. The fraction of sp³-hybridized carbons (Fsp3) is 0.300. The van der Waals surface area contributed by atoms with E-state index in [1.165, 1.54) is 0 Å². The van der Waals surface area contributed by atoms with Crippen LogP contribution in [0.3, 0.4) is 0 Å². The topological polar surface area (TPSA) is 64.3 Å². The molecule has 0 unspecified atom stereocenters. The van der Waals surface area contributed by atoms with Crippen molar-refractivity contribution < 1.29 is 9.53 Å². The molecule has 88 valence electrons. The summed E-state index contributed by atoms with van der Waals surface area (Å²) in [5.74, 6) is 5.22. The van der Waals surface area contributed by atoms with Gasteiger partial charge in [0.05, 0.1) is 11.6 Å². The number of hydrogen-bond donors (Lipinski definition) is 2. The molecule has 0 saturated carbocycles. The van der Waals surface area contributed by atoms with E-state index in [0.717, 1.165) is 0 Å². The quantitative estimate of drug-likeness (QED) is 0.370. The van der Waals surface area contributed by atoms with Crippen LogP contribution in [-0.2, 0) is 4.79 Å². The van der Waals surface area contributed by atoms with Gasteiger partial charge < -0.3 is 4.74 Å². The molecule has 0 atom stereocenters. The first-order valence-electron chi connectivity index (χ1n) is 4.71. The van der Waals surface area contributed by atoms with Gasteiger partial charge in [0.2, 0.25) is 5.91 Å². The Morgan fingerprint density at radius 2 is 2.19 bits per heavy atom. The van der Waals surface area contributed by atoms with Gasteiger partial charge in [0.1, 0.15) is 5.75 Å². The lowest BCUT2D eigenvalue weighted by molar-refractivity contribution is -0.121. The summed E-state index contributed by atoms with van der Waals surface area (Å²) in [6.45, 7) is 0.382. The molecule has 0 aliphatic heterocycles. The van der Waals surface area contributed by atoms with E-state index in [-0.39, 0.29) is 5.91 Å². The Labute approximate surface area is 104 Å². The van der Waals surface area contributed by atoms with Crippen LogP contribution in [0.25, 0.3) is 0 Å². The van der Waals surface area contributed by atoms with Crippen LogP contribution in [0.1, 0.15) is 12.8 Å². The van der Waals surface area contributed by atoms with Crippen molar-refractivity contribution >= 4 is 29.1 Å². The van der Waals surface area contributed by atoms with Crippen LogP contribution < -0.4 is 16.0 Å². The molecule has 0 spiro atoms. The van der Waals surface area contributed by atoms with Crippen LogP contribution in [0.5, 0.6) is 5.75 Å². The highest BCUT2D eigenvalue weighted by Crippen LogP contribution is 2.27. The van der Waals surface area contributed by atoms with E-state index in [0.29, 0.717) is 35.2 Å². The summed E-state index contributed by atoms with van der Waals surface area (Å²) in [5.41, 5.74) is 2.04. The third-order valence-electron chi connectivity index (χ3n) is 1.86. The van der Waals surface area contributed by atoms with E-state index < -0.39 is 0 Å². The Morgan fingerprint density at radius 3 is 2.88 bits per heavy atom. The summed E-state index contributed by atoms with van der Waals surface area (Å²) in [5, 5.41) is 1.05. The second kappa shape index (κ2) is 6.58. The first-order valence-corrected chi connectivity index (χ1v) is 5.46. The number of carbonyl (C=O) groups is 1. The van der Waals surface area contributed by atoms with Crippen LogP contribution in [0, 0.1) is 0 Å². The second-order valence-electron chi connectivity index (χ2n) is 3.09. The number of hydrazine groups is 1. The summed E-state index contributed by atoms with van der Waals surface area (Å²) in [6, 6.07) is 4.97. The number of hydrogen-bond acceptors (Lipinski definition) is 3. The van der Waals surface area contributed by atoms with Gasteiger partial charge in [-0.05, 0) is 18.6 Å². The van der Waals surface area contributed by atoms with Gasteiger partial charge in [0, 0.05) is 17.5 Å². The van der Waals surface area contributed by atoms with E-state index in [1.807, 2.05) is 5.43 Å². The number of nitrogens with one attached hydrogen (secondary N) is 1. The highest BCUT2D eigenvalue weighted by molar-refractivity contribution is 6.34. The number of carbonyl (C=O) groups excluding carboxylic acids is 1. The zero-order valence-corrected chi connectivity index (χ0v) is 10.0. The van der Waals surface area contributed by atoms with E-state index in [2.05, 4.69) is 0 Å². The Bertz CT molecular complexity index is 372. The predicted octanol–water partition coefficient (Wildman–Crippen LogP) is 2.14. The standard InChI is InChI=1S/C10H12Cl2N2O2/c11-7-3-4-8(12)9(6-7)16-5-1-2-10(15)14-13/h3-4,6H,1-2,5,13H2,(H,14,15). The Hall–Kier alpha value is -0.970. The van der Waals surface area contributed by atoms with Crippen LogP contribution in [-0.4, -0.2) is 12.5 Å². The monoisotopic (exact) mass is 262 g/mol. The maximum atomic E-state index is 10.8. The van der Waals surface area contributed by atoms with Gasteiger partial charge in [-0.2, -0.15) is 0 Å². The number of nitrogens with two attached hydrogens (primary N) is 1. The molecule has 1 aromatic carbocycles. The molecule has 0 bridgehead atoms. The number of halogens is 2. The molecule has 0 saturated heterocycles. The minimum absolute atomic E-state index is 0.221. The van der Waals surface area contributed by atoms with Crippen molar-refractivity contribution in [2.45, 2.75) is 12.8 Å². The fourth-order valence-corrected chi connectivity index (χ4v) is 1.41. The highest BCUT2D eigenvalue weighted by atomic mass is 35.5. The molecule has 0 heterocycles. The van der Waals surface area contributed by atoms with Gasteiger partial charge in [-0.15, -0.1) is 0 Å². The molecule has 4 nitrogen and oxygen atoms in total. The van der Waals surface area contributed by atoms with E-state index in [1.54, 1.807) is 18.2 Å². The van der Waals surface area contributed by atoms with Gasteiger partial charge in [0.15, 0.2) is 0 Å². The maximum Gasteiger partial charge on any atom is 0.234 e. The molecule has 3 N–H and O–H groups in total. The molecule has 0 aliphatic carbocycles. The summed E-state index contributed by atoms with van der Waals surface area (Å²) in [6.07, 6.45) is 0.876. The second-order valence-corrected chi connectivity index (χ2v) is 3.94. The van der Waals surface area contributed by atoms with Crippen molar-refractivity contribution in [3.8, 4) is 5.75 Å². The van der Waals surface area contributed by atoms with Crippen molar-refractivity contribution in [2.75, 3.05) is 6.61 Å². The summed E-state index contributed by atoms with van der Waals surface area (Å²) < 4.78 is 5.38.